The number of esters is 1. The molecule has 2 aliphatic heterocycles. The van der Waals surface area contributed by atoms with Gasteiger partial charge in [0.1, 0.15) is 12.3 Å². The van der Waals surface area contributed by atoms with Crippen LogP contribution >= 0.6 is 11.8 Å². The van der Waals surface area contributed by atoms with Gasteiger partial charge in [-0.3, -0.25) is 14.9 Å². The Labute approximate surface area is 171 Å². The Balaban J connectivity index is 1.45. The van der Waals surface area contributed by atoms with Crippen LogP contribution in [-0.2, 0) is 26.7 Å². The fourth-order valence-electron chi connectivity index (χ4n) is 3.41. The van der Waals surface area contributed by atoms with Crippen molar-refractivity contribution in [2.75, 3.05) is 0 Å². The highest BCUT2D eigenvalue weighted by atomic mass is 32.2. The normalized spacial score (nSPS) is 17.7. The van der Waals surface area contributed by atoms with Gasteiger partial charge in [0.25, 0.3) is 5.69 Å². The van der Waals surface area contributed by atoms with E-state index < -0.39 is 10.9 Å². The molecule has 8 heteroatoms. The zero-order chi connectivity index (χ0) is 20.4. The van der Waals surface area contributed by atoms with E-state index in [0.717, 1.165) is 10.5 Å². The molecule has 148 valence electrons. The number of fused-ring (bicyclic) bond motifs is 1. The van der Waals surface area contributed by atoms with Crippen molar-refractivity contribution in [1.82, 2.24) is 4.90 Å². The molecule has 0 aromatic heterocycles. The highest BCUT2D eigenvalue weighted by Gasteiger charge is 2.48. The molecule has 2 aliphatic rings. The van der Waals surface area contributed by atoms with Gasteiger partial charge in [-0.15, -0.1) is 11.8 Å². The number of nitro groups is 1. The van der Waals surface area contributed by atoms with E-state index >= 15 is 0 Å². The van der Waals surface area contributed by atoms with E-state index in [1.807, 2.05) is 30.3 Å². The van der Waals surface area contributed by atoms with Crippen molar-refractivity contribution < 1.29 is 19.2 Å². The third kappa shape index (κ3) is 4.02. The smallest absolute Gasteiger partial charge is 0.356 e. The molecule has 0 spiro atoms. The standard InChI is InChI=1S/C21H18N2O5S/c24-19-11-17-10-18(29-13-15-4-2-1-3-5-15)20(22(17)19)21(25)28-12-14-6-8-16(9-7-14)23(26)27/h1-9,17H,10-13H2. The van der Waals surface area contributed by atoms with Crippen molar-refractivity contribution in [2.24, 2.45) is 0 Å². The Hall–Kier alpha value is -3.13. The Morgan fingerprint density at radius 1 is 1.10 bits per heavy atom. The van der Waals surface area contributed by atoms with Gasteiger partial charge in [-0.25, -0.2) is 4.79 Å². The van der Waals surface area contributed by atoms with Crippen molar-refractivity contribution in [3.63, 3.8) is 0 Å². The average molecular weight is 410 g/mol. The minimum absolute atomic E-state index is 0.0103. The number of nitro benzene ring substituents is 1. The van der Waals surface area contributed by atoms with Crippen molar-refractivity contribution in [3.8, 4) is 0 Å². The predicted molar refractivity (Wildman–Crippen MR) is 108 cm³/mol. The molecule has 2 heterocycles. The van der Waals surface area contributed by atoms with Crippen molar-refractivity contribution >= 4 is 29.3 Å². The quantitative estimate of drug-likeness (QED) is 0.299. The number of rotatable bonds is 7. The zero-order valence-electron chi connectivity index (χ0n) is 15.4. The van der Waals surface area contributed by atoms with Crippen molar-refractivity contribution in [3.05, 3.63) is 86.4 Å². The van der Waals surface area contributed by atoms with Crippen LogP contribution in [0, 0.1) is 10.1 Å². The molecule has 1 atom stereocenters. The van der Waals surface area contributed by atoms with Crippen LogP contribution in [0.2, 0.25) is 0 Å². The summed E-state index contributed by atoms with van der Waals surface area (Å²) in [5.74, 6) is 0.117. The number of amides is 1. The SMILES string of the molecule is O=C(OCc1ccc([N+](=O)[O-])cc1)C1=C(SCc2ccccc2)CC2CC(=O)N12. The number of hydrogen-bond acceptors (Lipinski definition) is 6. The van der Waals surface area contributed by atoms with Crippen LogP contribution in [0.1, 0.15) is 24.0 Å². The molecular weight excluding hydrogens is 392 g/mol. The van der Waals surface area contributed by atoms with E-state index in [0.29, 0.717) is 29.9 Å². The number of carbonyl (C=O) groups is 2. The molecule has 2 aromatic carbocycles. The lowest BCUT2D eigenvalue weighted by Gasteiger charge is -2.35. The van der Waals surface area contributed by atoms with Gasteiger partial charge in [0, 0.05) is 35.6 Å². The minimum atomic E-state index is -0.533. The highest BCUT2D eigenvalue weighted by molar-refractivity contribution is 8.02. The summed E-state index contributed by atoms with van der Waals surface area (Å²) in [6, 6.07) is 15.8. The number of non-ortho nitro benzene ring substituents is 1. The average Bonchev–Trinajstić information content (AvgIpc) is 3.03. The second-order valence-electron chi connectivity index (χ2n) is 6.87. The molecule has 0 aliphatic carbocycles. The van der Waals surface area contributed by atoms with Crippen molar-refractivity contribution in [1.29, 1.82) is 0 Å². The van der Waals surface area contributed by atoms with Crippen LogP contribution in [0.5, 0.6) is 0 Å². The van der Waals surface area contributed by atoms with Gasteiger partial charge in [-0.2, -0.15) is 0 Å². The number of thioether (sulfide) groups is 1. The Bertz CT molecular complexity index is 988. The zero-order valence-corrected chi connectivity index (χ0v) is 16.3. The summed E-state index contributed by atoms with van der Waals surface area (Å²) in [5.41, 5.74) is 2.11. The fourth-order valence-corrected chi connectivity index (χ4v) is 4.58. The lowest BCUT2D eigenvalue weighted by Crippen LogP contribution is -2.49. The number of ether oxygens (including phenoxy) is 1. The first-order chi connectivity index (χ1) is 14.0. The highest BCUT2D eigenvalue weighted by Crippen LogP contribution is 2.44. The second kappa shape index (κ2) is 8.08. The van der Waals surface area contributed by atoms with Gasteiger partial charge in [-0.1, -0.05) is 30.3 Å². The molecule has 0 saturated carbocycles. The van der Waals surface area contributed by atoms with Gasteiger partial charge in [0.15, 0.2) is 0 Å². The lowest BCUT2D eigenvalue weighted by atomic mass is 10.0. The van der Waals surface area contributed by atoms with Crippen LogP contribution in [0.3, 0.4) is 0 Å². The van der Waals surface area contributed by atoms with Crippen LogP contribution in [0.25, 0.3) is 0 Å². The topological polar surface area (TPSA) is 89.7 Å². The van der Waals surface area contributed by atoms with E-state index in [4.69, 9.17) is 4.74 Å². The van der Waals surface area contributed by atoms with Gasteiger partial charge in [0.05, 0.1) is 11.0 Å². The molecule has 0 N–H and O–H groups in total. The van der Waals surface area contributed by atoms with Crippen LogP contribution < -0.4 is 0 Å². The lowest BCUT2D eigenvalue weighted by molar-refractivity contribution is -0.384. The Kier molecular flexibility index (Phi) is 5.35. The van der Waals surface area contributed by atoms with E-state index in [1.54, 1.807) is 28.8 Å². The summed E-state index contributed by atoms with van der Waals surface area (Å²) in [6.07, 6.45) is 1.12. The summed E-state index contributed by atoms with van der Waals surface area (Å²) in [4.78, 5) is 37.5. The van der Waals surface area contributed by atoms with E-state index in [9.17, 15) is 19.7 Å². The van der Waals surface area contributed by atoms with Crippen LogP contribution in [0.15, 0.2) is 65.2 Å². The van der Waals surface area contributed by atoms with Crippen LogP contribution in [0.4, 0.5) is 5.69 Å². The molecule has 2 aromatic rings. The molecule has 7 nitrogen and oxygen atoms in total. The third-order valence-electron chi connectivity index (χ3n) is 4.94. The van der Waals surface area contributed by atoms with Gasteiger partial charge in [0.2, 0.25) is 5.91 Å². The maximum absolute atomic E-state index is 12.8. The monoisotopic (exact) mass is 410 g/mol. The Morgan fingerprint density at radius 3 is 2.48 bits per heavy atom. The predicted octanol–water partition coefficient (Wildman–Crippen LogP) is 3.79. The minimum Gasteiger partial charge on any atom is -0.456 e. The number of hydrogen-bond donors (Lipinski definition) is 0. The summed E-state index contributed by atoms with van der Waals surface area (Å²) < 4.78 is 5.42. The maximum Gasteiger partial charge on any atom is 0.356 e. The van der Waals surface area contributed by atoms with Gasteiger partial charge < -0.3 is 9.64 Å². The molecule has 0 bridgehead atoms. The first-order valence-corrected chi connectivity index (χ1v) is 10.1. The fraction of sp³-hybridized carbons (Fsp3) is 0.238. The first kappa shape index (κ1) is 19.2. The number of carbonyl (C=O) groups excluding carboxylic acids is 2. The van der Waals surface area contributed by atoms with Crippen LogP contribution in [-0.4, -0.2) is 27.7 Å². The van der Waals surface area contributed by atoms with E-state index in [-0.39, 0.29) is 24.2 Å². The summed E-state index contributed by atoms with van der Waals surface area (Å²) in [7, 11) is 0. The van der Waals surface area contributed by atoms with Gasteiger partial charge in [-0.05, 0) is 23.3 Å². The molecule has 4 rings (SSSR count). The summed E-state index contributed by atoms with van der Waals surface area (Å²) >= 11 is 1.56. The molecule has 29 heavy (non-hydrogen) atoms. The largest absolute Gasteiger partial charge is 0.456 e. The van der Waals surface area contributed by atoms with E-state index in [1.165, 1.54) is 12.1 Å². The number of nitrogens with zero attached hydrogens (tertiary/aromatic N) is 2. The number of β-lactam (4-membered cyclic amide) rings is 1. The Morgan fingerprint density at radius 2 is 1.83 bits per heavy atom. The molecule has 0 radical (unpaired) electrons. The van der Waals surface area contributed by atoms with E-state index in [2.05, 4.69) is 0 Å². The van der Waals surface area contributed by atoms with Gasteiger partial charge >= 0.3 is 5.97 Å². The molecule has 1 amide bonds. The summed E-state index contributed by atoms with van der Waals surface area (Å²) in [6.45, 7) is -0.0103. The third-order valence-corrected chi connectivity index (χ3v) is 6.12. The second-order valence-corrected chi connectivity index (χ2v) is 7.94. The number of benzene rings is 2. The summed E-state index contributed by atoms with van der Waals surface area (Å²) in [5, 5.41) is 10.7. The van der Waals surface area contributed by atoms with Crippen molar-refractivity contribution in [2.45, 2.75) is 31.2 Å². The maximum atomic E-state index is 12.8. The first-order valence-electron chi connectivity index (χ1n) is 9.15. The molecule has 1 saturated heterocycles. The molecule has 1 fully saturated rings. The molecule has 1 unspecified atom stereocenters. The molecular formula is C21H18N2O5S.